The minimum absolute atomic E-state index is 0.0289. The molecule has 1 aliphatic carbocycles. The number of likely N-dealkylation sites (tertiary alicyclic amines) is 1. The van der Waals surface area contributed by atoms with Gasteiger partial charge in [0.15, 0.2) is 11.6 Å². The molecule has 1 saturated carbocycles. The van der Waals surface area contributed by atoms with Crippen LogP contribution in [0.1, 0.15) is 30.3 Å². The number of hydrogen-bond donors (Lipinski definition) is 2. The molecule has 2 amide bonds. The summed E-state index contributed by atoms with van der Waals surface area (Å²) in [5.41, 5.74) is 2.68. The van der Waals surface area contributed by atoms with Gasteiger partial charge in [-0.05, 0) is 54.7 Å². The van der Waals surface area contributed by atoms with Gasteiger partial charge in [-0.15, -0.1) is 0 Å². The van der Waals surface area contributed by atoms with Gasteiger partial charge in [0.25, 0.3) is 0 Å². The van der Waals surface area contributed by atoms with Gasteiger partial charge in [0.2, 0.25) is 11.8 Å². The maximum absolute atomic E-state index is 15.7. The average molecular weight is 570 g/mol. The molecule has 0 spiro atoms. The normalized spacial score (nSPS) is 19.5. The smallest absolute Gasteiger partial charge is 0.247 e. The number of nitrogens with one attached hydrogen (secondary N) is 2. The molecule has 5 aromatic rings. The molecule has 1 aliphatic heterocycles. The number of carbonyl (C=O) groups excluding carboxylic acids is 3. The van der Waals surface area contributed by atoms with Crippen molar-refractivity contribution in [3.8, 4) is 11.1 Å². The van der Waals surface area contributed by atoms with E-state index in [1.807, 2.05) is 30.3 Å². The minimum Gasteiger partial charge on any atom is -0.360 e. The summed E-state index contributed by atoms with van der Waals surface area (Å²) >= 11 is 6.40. The minimum atomic E-state index is -0.728. The van der Waals surface area contributed by atoms with E-state index in [1.54, 1.807) is 35.4 Å². The highest BCUT2D eigenvalue weighted by Crippen LogP contribution is 2.48. The number of nitrogens with zero attached hydrogens (tertiary/aromatic N) is 3. The van der Waals surface area contributed by atoms with Crippen molar-refractivity contribution < 1.29 is 18.8 Å². The molecule has 2 aliphatic rings. The number of anilines is 1. The van der Waals surface area contributed by atoms with E-state index < -0.39 is 17.8 Å². The quantitative estimate of drug-likeness (QED) is 0.252. The molecule has 2 aromatic heterocycles. The van der Waals surface area contributed by atoms with Crippen molar-refractivity contribution >= 4 is 56.7 Å². The van der Waals surface area contributed by atoms with E-state index in [-0.39, 0.29) is 35.9 Å². The third-order valence-corrected chi connectivity index (χ3v) is 8.45. The van der Waals surface area contributed by atoms with E-state index in [9.17, 15) is 14.4 Å². The lowest BCUT2D eigenvalue weighted by Crippen LogP contribution is -2.46. The van der Waals surface area contributed by atoms with Crippen LogP contribution in [0.25, 0.3) is 32.9 Å². The zero-order valence-electron chi connectivity index (χ0n) is 22.0. The second-order valence-electron chi connectivity index (χ2n) is 10.8. The number of hydrogen-bond acceptors (Lipinski definition) is 4. The highest BCUT2D eigenvalue weighted by molar-refractivity contribution is 6.35. The number of aromatic nitrogens is 3. The largest absolute Gasteiger partial charge is 0.360 e. The highest BCUT2D eigenvalue weighted by Gasteiger charge is 2.56. The highest BCUT2D eigenvalue weighted by atomic mass is 35.5. The maximum Gasteiger partial charge on any atom is 0.247 e. The zero-order valence-corrected chi connectivity index (χ0v) is 22.8. The van der Waals surface area contributed by atoms with Crippen molar-refractivity contribution in [3.63, 3.8) is 0 Å². The monoisotopic (exact) mass is 569 g/mol. The molecule has 3 atom stereocenters. The van der Waals surface area contributed by atoms with E-state index in [0.717, 1.165) is 17.3 Å². The number of fused-ring (bicyclic) bond motifs is 3. The number of ketones is 1. The molecule has 1 saturated heterocycles. The molecule has 0 bridgehead atoms. The summed E-state index contributed by atoms with van der Waals surface area (Å²) in [6, 6.07) is 16.7. The molecule has 2 fully saturated rings. The number of amides is 2. The Balaban J connectivity index is 1.14. The summed E-state index contributed by atoms with van der Waals surface area (Å²) in [6.07, 6.45) is 3.12. The molecule has 3 aromatic carbocycles. The predicted molar refractivity (Wildman–Crippen MR) is 154 cm³/mol. The summed E-state index contributed by atoms with van der Waals surface area (Å²) in [5.74, 6) is -1.22. The first-order valence-electron chi connectivity index (χ1n) is 13.4. The summed E-state index contributed by atoms with van der Waals surface area (Å²) < 4.78 is 17.2. The van der Waals surface area contributed by atoms with Crippen molar-refractivity contribution in [1.29, 1.82) is 0 Å². The third-order valence-electron chi connectivity index (χ3n) is 8.15. The molecule has 3 heterocycles. The standard InChI is InChI=1S/C31H25ClFN5O3/c1-16(39)29-21-5-2-3-8-24(21)37(36-29)15-27(40)38-25-13-19(25)14-26(38)31(41)35-23-7-4-6-20(28(23)33)18-11-17-9-10-34-30(17)22(32)12-18/h2-12,19,25-26,34H,13-15H2,1H3,(H,35,41)/t19-,25-,26+/m1/s1. The van der Waals surface area contributed by atoms with Gasteiger partial charge in [0.1, 0.15) is 18.3 Å². The molecule has 7 rings (SSSR count). The fourth-order valence-corrected chi connectivity index (χ4v) is 6.40. The van der Waals surface area contributed by atoms with Crippen LogP contribution in [0.3, 0.4) is 0 Å². The molecule has 0 unspecified atom stereocenters. The van der Waals surface area contributed by atoms with Gasteiger partial charge in [-0.2, -0.15) is 5.10 Å². The number of halogens is 2. The first-order valence-corrected chi connectivity index (χ1v) is 13.8. The molecule has 10 heteroatoms. The Kier molecular flexibility index (Phi) is 5.93. The second-order valence-corrected chi connectivity index (χ2v) is 11.2. The van der Waals surface area contributed by atoms with E-state index in [2.05, 4.69) is 15.4 Å². The lowest BCUT2D eigenvalue weighted by atomic mass is 10.0. The van der Waals surface area contributed by atoms with Gasteiger partial charge in [-0.25, -0.2) is 4.39 Å². The number of piperidine rings is 1. The van der Waals surface area contributed by atoms with Gasteiger partial charge in [0.05, 0.1) is 21.7 Å². The first-order chi connectivity index (χ1) is 19.8. The van der Waals surface area contributed by atoms with E-state index >= 15 is 4.39 Å². The van der Waals surface area contributed by atoms with Crippen LogP contribution in [0.5, 0.6) is 0 Å². The Hall–Kier alpha value is -4.50. The van der Waals surface area contributed by atoms with Crippen LogP contribution < -0.4 is 5.32 Å². The van der Waals surface area contributed by atoms with E-state index in [0.29, 0.717) is 39.2 Å². The fraction of sp³-hybridized carbons (Fsp3) is 0.226. The Morgan fingerprint density at radius 2 is 1.93 bits per heavy atom. The Labute approximate surface area is 239 Å². The first kappa shape index (κ1) is 25.5. The van der Waals surface area contributed by atoms with Crippen molar-refractivity contribution in [2.45, 2.75) is 38.4 Å². The topological polar surface area (TPSA) is 100 Å². The Morgan fingerprint density at radius 1 is 1.10 bits per heavy atom. The second kappa shape index (κ2) is 9.55. The summed E-state index contributed by atoms with van der Waals surface area (Å²) in [6.45, 7) is 1.34. The number of rotatable bonds is 6. The van der Waals surface area contributed by atoms with Crippen LogP contribution in [0.4, 0.5) is 10.1 Å². The van der Waals surface area contributed by atoms with Crippen molar-refractivity contribution in [2.75, 3.05) is 5.32 Å². The molecule has 2 N–H and O–H groups in total. The molecule has 206 valence electrons. The predicted octanol–water partition coefficient (Wildman–Crippen LogP) is 5.81. The van der Waals surface area contributed by atoms with E-state index in [4.69, 9.17) is 11.6 Å². The van der Waals surface area contributed by atoms with Crippen molar-refractivity contribution in [1.82, 2.24) is 19.7 Å². The number of para-hydroxylation sites is 1. The van der Waals surface area contributed by atoms with Gasteiger partial charge < -0.3 is 15.2 Å². The average Bonchev–Trinajstić information content (AvgIpc) is 3.28. The summed E-state index contributed by atoms with van der Waals surface area (Å²) in [5, 5.41) is 9.14. The molecule has 41 heavy (non-hydrogen) atoms. The summed E-state index contributed by atoms with van der Waals surface area (Å²) in [7, 11) is 0. The zero-order chi connectivity index (χ0) is 28.4. The molecule has 0 radical (unpaired) electrons. The van der Waals surface area contributed by atoms with Crippen molar-refractivity contribution in [2.24, 2.45) is 5.92 Å². The van der Waals surface area contributed by atoms with Crippen LogP contribution in [-0.4, -0.2) is 49.3 Å². The number of carbonyl (C=O) groups is 3. The van der Waals surface area contributed by atoms with Crippen LogP contribution in [0, 0.1) is 11.7 Å². The lowest BCUT2D eigenvalue weighted by Gasteiger charge is -2.27. The lowest BCUT2D eigenvalue weighted by molar-refractivity contribution is -0.138. The van der Waals surface area contributed by atoms with Crippen molar-refractivity contribution in [3.05, 3.63) is 83.4 Å². The maximum atomic E-state index is 15.7. The van der Waals surface area contributed by atoms with Gasteiger partial charge >= 0.3 is 0 Å². The molecular weight excluding hydrogens is 545 g/mol. The SMILES string of the molecule is CC(=O)c1nn(CC(=O)N2[C@@H]3C[C@@H]3C[C@H]2C(=O)Nc2cccc(-c3cc(Cl)c4[nH]ccc4c3)c2F)c2ccccc12. The Morgan fingerprint density at radius 3 is 2.76 bits per heavy atom. The van der Waals surface area contributed by atoms with Crippen LogP contribution in [0.15, 0.2) is 66.9 Å². The van der Waals surface area contributed by atoms with Gasteiger partial charge in [0, 0.05) is 35.5 Å². The number of Topliss-reactive ketones (excluding diaryl/α,β-unsaturated/α-hetero) is 1. The Bertz CT molecular complexity index is 1900. The van der Waals surface area contributed by atoms with Gasteiger partial charge in [-0.1, -0.05) is 41.9 Å². The summed E-state index contributed by atoms with van der Waals surface area (Å²) in [4.78, 5) is 43.9. The van der Waals surface area contributed by atoms with Crippen LogP contribution in [-0.2, 0) is 16.1 Å². The van der Waals surface area contributed by atoms with E-state index in [1.165, 1.54) is 17.7 Å². The third kappa shape index (κ3) is 4.28. The molecule has 8 nitrogen and oxygen atoms in total. The van der Waals surface area contributed by atoms with Crippen LogP contribution in [0.2, 0.25) is 5.02 Å². The number of aromatic amines is 1. The number of H-pyrrole nitrogens is 1. The molecular formula is C31H25ClFN5O3. The fourth-order valence-electron chi connectivity index (χ4n) is 6.12. The van der Waals surface area contributed by atoms with Crippen LogP contribution >= 0.6 is 11.6 Å². The number of benzene rings is 3. The van der Waals surface area contributed by atoms with Gasteiger partial charge in [-0.3, -0.25) is 19.1 Å².